The van der Waals surface area contributed by atoms with Gasteiger partial charge in [0.2, 0.25) is 0 Å². The van der Waals surface area contributed by atoms with Crippen molar-refractivity contribution in [1.82, 2.24) is 0 Å². The highest BCUT2D eigenvalue weighted by Gasteiger charge is 2.21. The summed E-state index contributed by atoms with van der Waals surface area (Å²) < 4.78 is 13.2. The van der Waals surface area contributed by atoms with Crippen molar-refractivity contribution in [2.24, 2.45) is 11.8 Å². The average Bonchev–Trinajstić information content (AvgIpc) is 2.54. The lowest BCUT2D eigenvalue weighted by atomic mass is 9.77. The third-order valence-corrected chi connectivity index (χ3v) is 5.73. The van der Waals surface area contributed by atoms with Gasteiger partial charge in [-0.15, -0.1) is 0 Å². The Morgan fingerprint density at radius 1 is 1.00 bits per heavy atom. The fourth-order valence-corrected chi connectivity index (χ4v) is 4.33. The van der Waals surface area contributed by atoms with E-state index in [0.717, 1.165) is 24.7 Å². The molecule has 1 saturated carbocycles. The smallest absolute Gasteiger partial charge is 0.123 e. The first-order chi connectivity index (χ1) is 10.7. The minimum absolute atomic E-state index is 0.0977. The van der Waals surface area contributed by atoms with E-state index in [0.29, 0.717) is 0 Å². The van der Waals surface area contributed by atoms with Crippen LogP contribution in [-0.2, 0) is 12.8 Å². The summed E-state index contributed by atoms with van der Waals surface area (Å²) in [6, 6.07) is 5.29. The summed E-state index contributed by atoms with van der Waals surface area (Å²) in [6.07, 6.45) is 15.5. The van der Waals surface area contributed by atoms with Gasteiger partial charge in [-0.25, -0.2) is 4.39 Å². The SMILES string of the molecule is CCCC1CCC(CCC2=CCc3cc(F)ccc3C2)CC1. The third kappa shape index (κ3) is 4.00. The summed E-state index contributed by atoms with van der Waals surface area (Å²) in [7, 11) is 0. The van der Waals surface area contributed by atoms with Gasteiger partial charge in [-0.05, 0) is 60.8 Å². The zero-order valence-electron chi connectivity index (χ0n) is 13.9. The summed E-state index contributed by atoms with van der Waals surface area (Å²) in [5.74, 6) is 1.86. The van der Waals surface area contributed by atoms with Crippen molar-refractivity contribution in [3.05, 3.63) is 46.8 Å². The van der Waals surface area contributed by atoms with Crippen LogP contribution in [0.5, 0.6) is 0 Å². The van der Waals surface area contributed by atoms with E-state index in [1.807, 2.05) is 6.07 Å². The summed E-state index contributed by atoms with van der Waals surface area (Å²) in [6.45, 7) is 2.31. The molecule has 0 nitrogen and oxygen atoms in total. The maximum absolute atomic E-state index is 13.2. The molecule has 0 radical (unpaired) electrons. The van der Waals surface area contributed by atoms with E-state index >= 15 is 0 Å². The molecular formula is C21H29F. The Morgan fingerprint density at radius 2 is 1.73 bits per heavy atom. The predicted octanol–water partition coefficient (Wildman–Crippen LogP) is 6.24. The van der Waals surface area contributed by atoms with Crippen molar-refractivity contribution in [2.75, 3.05) is 0 Å². The minimum Gasteiger partial charge on any atom is -0.207 e. The molecule has 120 valence electrons. The van der Waals surface area contributed by atoms with E-state index in [1.165, 1.54) is 62.5 Å². The number of hydrogen-bond acceptors (Lipinski definition) is 0. The first kappa shape index (κ1) is 15.8. The van der Waals surface area contributed by atoms with Gasteiger partial charge in [-0.3, -0.25) is 0 Å². The highest BCUT2D eigenvalue weighted by atomic mass is 19.1. The second-order valence-electron chi connectivity index (χ2n) is 7.37. The van der Waals surface area contributed by atoms with Gasteiger partial charge >= 0.3 is 0 Å². The number of hydrogen-bond donors (Lipinski definition) is 0. The molecule has 0 aromatic heterocycles. The van der Waals surface area contributed by atoms with Gasteiger partial charge < -0.3 is 0 Å². The largest absolute Gasteiger partial charge is 0.207 e. The zero-order valence-corrected chi connectivity index (χ0v) is 13.9. The van der Waals surface area contributed by atoms with Crippen molar-refractivity contribution in [3.8, 4) is 0 Å². The summed E-state index contributed by atoms with van der Waals surface area (Å²) in [5.41, 5.74) is 4.10. The van der Waals surface area contributed by atoms with E-state index in [2.05, 4.69) is 13.0 Å². The molecule has 0 spiro atoms. The van der Waals surface area contributed by atoms with E-state index in [-0.39, 0.29) is 5.82 Å². The third-order valence-electron chi connectivity index (χ3n) is 5.73. The van der Waals surface area contributed by atoms with Gasteiger partial charge in [0.25, 0.3) is 0 Å². The first-order valence-corrected chi connectivity index (χ1v) is 9.19. The molecule has 22 heavy (non-hydrogen) atoms. The van der Waals surface area contributed by atoms with Crippen LogP contribution in [-0.4, -0.2) is 0 Å². The van der Waals surface area contributed by atoms with Crippen LogP contribution >= 0.6 is 0 Å². The normalized spacial score (nSPS) is 24.7. The zero-order chi connectivity index (χ0) is 15.4. The lowest BCUT2D eigenvalue weighted by Crippen LogP contribution is -2.15. The Bertz CT molecular complexity index is 521. The van der Waals surface area contributed by atoms with Gasteiger partial charge in [0.1, 0.15) is 5.82 Å². The summed E-state index contributed by atoms with van der Waals surface area (Å²) in [5, 5.41) is 0. The molecule has 3 rings (SSSR count). The molecule has 2 aliphatic rings. The molecule has 1 aromatic carbocycles. The quantitative estimate of drug-likeness (QED) is 0.565. The van der Waals surface area contributed by atoms with Crippen LogP contribution < -0.4 is 0 Å². The number of rotatable bonds is 5. The molecule has 0 saturated heterocycles. The van der Waals surface area contributed by atoms with Crippen LogP contribution in [0.1, 0.15) is 69.4 Å². The summed E-state index contributed by atoms with van der Waals surface area (Å²) >= 11 is 0. The van der Waals surface area contributed by atoms with Crippen molar-refractivity contribution in [2.45, 2.75) is 71.1 Å². The average molecular weight is 300 g/mol. The van der Waals surface area contributed by atoms with Gasteiger partial charge in [-0.2, -0.15) is 0 Å². The Morgan fingerprint density at radius 3 is 2.45 bits per heavy atom. The molecule has 0 amide bonds. The van der Waals surface area contributed by atoms with Crippen molar-refractivity contribution < 1.29 is 4.39 Å². The van der Waals surface area contributed by atoms with Crippen LogP contribution in [0.25, 0.3) is 0 Å². The Labute approximate surface area is 134 Å². The van der Waals surface area contributed by atoms with Crippen molar-refractivity contribution in [3.63, 3.8) is 0 Å². The molecular weight excluding hydrogens is 271 g/mol. The molecule has 0 unspecified atom stereocenters. The molecule has 0 atom stereocenters. The number of allylic oxidation sites excluding steroid dienone is 2. The highest BCUT2D eigenvalue weighted by Crippen LogP contribution is 2.35. The van der Waals surface area contributed by atoms with Crippen LogP contribution in [0.4, 0.5) is 4.39 Å². The topological polar surface area (TPSA) is 0 Å². The fourth-order valence-electron chi connectivity index (χ4n) is 4.33. The number of fused-ring (bicyclic) bond motifs is 1. The Kier molecular flexibility index (Phi) is 5.33. The van der Waals surface area contributed by atoms with E-state index in [1.54, 1.807) is 17.7 Å². The monoisotopic (exact) mass is 300 g/mol. The lowest BCUT2D eigenvalue weighted by Gasteiger charge is -2.29. The number of benzene rings is 1. The van der Waals surface area contributed by atoms with Crippen LogP contribution in [0.15, 0.2) is 29.8 Å². The molecule has 0 aliphatic heterocycles. The van der Waals surface area contributed by atoms with Crippen molar-refractivity contribution >= 4 is 0 Å². The van der Waals surface area contributed by atoms with Crippen LogP contribution in [0.3, 0.4) is 0 Å². The van der Waals surface area contributed by atoms with Gasteiger partial charge in [-0.1, -0.05) is 63.2 Å². The molecule has 1 aromatic rings. The second kappa shape index (κ2) is 7.44. The molecule has 0 heterocycles. The van der Waals surface area contributed by atoms with E-state index in [4.69, 9.17) is 0 Å². The predicted molar refractivity (Wildman–Crippen MR) is 91.5 cm³/mol. The van der Waals surface area contributed by atoms with Crippen LogP contribution in [0, 0.1) is 17.7 Å². The fraction of sp³-hybridized carbons (Fsp3) is 0.619. The van der Waals surface area contributed by atoms with E-state index < -0.39 is 0 Å². The molecule has 0 bridgehead atoms. The molecule has 2 aliphatic carbocycles. The minimum atomic E-state index is -0.0977. The maximum atomic E-state index is 13.2. The highest BCUT2D eigenvalue weighted by molar-refractivity contribution is 5.37. The molecule has 1 heteroatoms. The Hall–Kier alpha value is -1.11. The molecule has 0 N–H and O–H groups in total. The van der Waals surface area contributed by atoms with Crippen molar-refractivity contribution in [1.29, 1.82) is 0 Å². The van der Waals surface area contributed by atoms with E-state index in [9.17, 15) is 4.39 Å². The second-order valence-corrected chi connectivity index (χ2v) is 7.37. The standard InChI is InChI=1S/C21H29F/c1-2-3-16-4-6-17(7-5-16)8-9-18-10-11-20-15-21(22)13-12-19(20)14-18/h10,12-13,15-17H,2-9,11,14H2,1H3. The summed E-state index contributed by atoms with van der Waals surface area (Å²) in [4.78, 5) is 0. The Balaban J connectivity index is 1.46. The number of halogens is 1. The lowest BCUT2D eigenvalue weighted by molar-refractivity contribution is 0.252. The van der Waals surface area contributed by atoms with Gasteiger partial charge in [0.15, 0.2) is 0 Å². The molecule has 1 fully saturated rings. The van der Waals surface area contributed by atoms with Gasteiger partial charge in [0, 0.05) is 0 Å². The first-order valence-electron chi connectivity index (χ1n) is 9.19. The van der Waals surface area contributed by atoms with Crippen LogP contribution in [0.2, 0.25) is 0 Å². The van der Waals surface area contributed by atoms with Gasteiger partial charge in [0.05, 0.1) is 0 Å². The maximum Gasteiger partial charge on any atom is 0.123 e.